The van der Waals surface area contributed by atoms with Crippen molar-refractivity contribution in [3.05, 3.63) is 31.5 Å². The van der Waals surface area contributed by atoms with Crippen molar-refractivity contribution in [3.8, 4) is 0 Å². The fraction of sp³-hybridized carbons (Fsp3) is 0.600. The van der Waals surface area contributed by atoms with Gasteiger partial charge in [-0.2, -0.15) is 0 Å². The second-order valence-corrected chi connectivity index (χ2v) is 4.97. The van der Waals surface area contributed by atoms with E-state index in [2.05, 4.69) is 20.9 Å². The molecule has 0 radical (unpaired) electrons. The number of hydrogen-bond donors (Lipinski definition) is 1. The third kappa shape index (κ3) is 3.05. The monoisotopic (exact) mass is 290 g/mol. The smallest absolute Gasteiger partial charge is 0.328 e. The Hall–Kier alpha value is -0.880. The molecular formula is C10H15BrN2O3. The van der Waals surface area contributed by atoms with Gasteiger partial charge in [0, 0.05) is 19.9 Å². The molecule has 1 aromatic rings. The van der Waals surface area contributed by atoms with Crippen molar-refractivity contribution < 1.29 is 4.74 Å². The van der Waals surface area contributed by atoms with Crippen LogP contribution in [0.1, 0.15) is 20.3 Å². The zero-order valence-electron chi connectivity index (χ0n) is 9.54. The maximum atomic E-state index is 11.7. The van der Waals surface area contributed by atoms with Crippen molar-refractivity contribution in [1.82, 2.24) is 9.55 Å². The van der Waals surface area contributed by atoms with Gasteiger partial charge in [0.25, 0.3) is 5.56 Å². The Morgan fingerprint density at radius 2 is 2.12 bits per heavy atom. The van der Waals surface area contributed by atoms with E-state index in [0.29, 0.717) is 17.4 Å². The SMILES string of the molecule is COC(C)(C)CCn1c(=O)[nH]cc(Br)c1=O. The maximum Gasteiger partial charge on any atom is 0.328 e. The van der Waals surface area contributed by atoms with Gasteiger partial charge < -0.3 is 9.72 Å². The zero-order valence-corrected chi connectivity index (χ0v) is 11.1. The highest BCUT2D eigenvalue weighted by molar-refractivity contribution is 9.10. The first-order valence-corrected chi connectivity index (χ1v) is 5.70. The van der Waals surface area contributed by atoms with Crippen LogP contribution in [0.5, 0.6) is 0 Å². The summed E-state index contributed by atoms with van der Waals surface area (Å²) in [6.07, 6.45) is 1.94. The number of aromatic amines is 1. The van der Waals surface area contributed by atoms with Crippen molar-refractivity contribution in [1.29, 1.82) is 0 Å². The summed E-state index contributed by atoms with van der Waals surface area (Å²) in [7, 11) is 1.61. The van der Waals surface area contributed by atoms with Crippen LogP contribution in [0.25, 0.3) is 0 Å². The molecule has 0 amide bonds. The summed E-state index contributed by atoms with van der Waals surface area (Å²) in [4.78, 5) is 25.6. The summed E-state index contributed by atoms with van der Waals surface area (Å²) >= 11 is 3.08. The fourth-order valence-electron chi connectivity index (χ4n) is 1.17. The number of rotatable bonds is 4. The van der Waals surface area contributed by atoms with Crippen LogP contribution in [-0.4, -0.2) is 22.3 Å². The molecule has 1 aromatic heterocycles. The Balaban J connectivity index is 2.95. The van der Waals surface area contributed by atoms with Gasteiger partial charge in [0.1, 0.15) is 0 Å². The van der Waals surface area contributed by atoms with Gasteiger partial charge in [0.15, 0.2) is 0 Å². The molecule has 0 bridgehead atoms. The lowest BCUT2D eigenvalue weighted by Crippen LogP contribution is -2.37. The number of nitrogens with one attached hydrogen (secondary N) is 1. The van der Waals surface area contributed by atoms with Crippen LogP contribution in [-0.2, 0) is 11.3 Å². The number of halogens is 1. The van der Waals surface area contributed by atoms with E-state index in [0.717, 1.165) is 4.57 Å². The number of ether oxygens (including phenoxy) is 1. The Bertz CT molecular complexity index is 476. The number of hydrogen-bond acceptors (Lipinski definition) is 3. The Kier molecular flexibility index (Phi) is 4.09. The molecule has 90 valence electrons. The van der Waals surface area contributed by atoms with Crippen LogP contribution in [0.15, 0.2) is 20.3 Å². The molecule has 0 unspecified atom stereocenters. The highest BCUT2D eigenvalue weighted by Crippen LogP contribution is 2.13. The first kappa shape index (κ1) is 13.2. The molecule has 1 heterocycles. The van der Waals surface area contributed by atoms with Gasteiger partial charge in [0.05, 0.1) is 10.1 Å². The zero-order chi connectivity index (χ0) is 12.3. The molecule has 0 aromatic carbocycles. The summed E-state index contributed by atoms with van der Waals surface area (Å²) in [5.41, 5.74) is -1.08. The van der Waals surface area contributed by atoms with Gasteiger partial charge in [-0.15, -0.1) is 0 Å². The molecule has 1 rings (SSSR count). The van der Waals surface area contributed by atoms with Gasteiger partial charge >= 0.3 is 5.69 Å². The van der Waals surface area contributed by atoms with Crippen molar-refractivity contribution in [2.24, 2.45) is 0 Å². The van der Waals surface area contributed by atoms with Crippen molar-refractivity contribution in [3.63, 3.8) is 0 Å². The molecule has 1 N–H and O–H groups in total. The summed E-state index contributed by atoms with van der Waals surface area (Å²) in [5.74, 6) is 0. The van der Waals surface area contributed by atoms with Crippen molar-refractivity contribution in [2.45, 2.75) is 32.4 Å². The minimum atomic E-state index is -0.403. The lowest BCUT2D eigenvalue weighted by Gasteiger charge is -2.22. The van der Waals surface area contributed by atoms with Crippen LogP contribution in [0.2, 0.25) is 0 Å². The van der Waals surface area contributed by atoms with Crippen LogP contribution in [0.4, 0.5) is 0 Å². The van der Waals surface area contributed by atoms with Gasteiger partial charge in [-0.05, 0) is 36.2 Å². The highest BCUT2D eigenvalue weighted by atomic mass is 79.9. The normalized spacial score (nSPS) is 11.8. The van der Waals surface area contributed by atoms with Gasteiger partial charge in [-0.25, -0.2) is 4.79 Å². The second-order valence-electron chi connectivity index (χ2n) is 4.11. The van der Waals surface area contributed by atoms with Gasteiger partial charge in [-0.1, -0.05) is 0 Å². The number of methoxy groups -OCH3 is 1. The largest absolute Gasteiger partial charge is 0.379 e. The maximum absolute atomic E-state index is 11.7. The van der Waals surface area contributed by atoms with Gasteiger partial charge in [0.2, 0.25) is 0 Å². The standard InChI is InChI=1S/C10H15BrN2O3/c1-10(2,16-3)4-5-13-8(14)7(11)6-12-9(13)15/h6H,4-5H2,1-3H3,(H,12,15). The summed E-state index contributed by atoms with van der Waals surface area (Å²) in [5, 5.41) is 0. The Morgan fingerprint density at radius 1 is 1.50 bits per heavy atom. The predicted octanol–water partition coefficient (Wildman–Crippen LogP) is 1.11. The number of H-pyrrole nitrogens is 1. The van der Waals surface area contributed by atoms with Crippen LogP contribution in [0.3, 0.4) is 0 Å². The minimum Gasteiger partial charge on any atom is -0.379 e. The van der Waals surface area contributed by atoms with Crippen molar-refractivity contribution in [2.75, 3.05) is 7.11 Å². The molecule has 0 atom stereocenters. The molecule has 5 nitrogen and oxygen atoms in total. The third-order valence-corrected chi connectivity index (χ3v) is 3.08. The summed E-state index contributed by atoms with van der Waals surface area (Å²) in [6.45, 7) is 4.14. The lowest BCUT2D eigenvalue weighted by atomic mass is 10.1. The van der Waals surface area contributed by atoms with E-state index in [1.165, 1.54) is 6.20 Å². The molecule has 0 aliphatic rings. The van der Waals surface area contributed by atoms with E-state index in [1.807, 2.05) is 13.8 Å². The van der Waals surface area contributed by atoms with E-state index >= 15 is 0 Å². The molecule has 0 spiro atoms. The Labute approximate surface area is 102 Å². The topological polar surface area (TPSA) is 64.1 Å². The molecule has 0 aliphatic heterocycles. The van der Waals surface area contributed by atoms with E-state index in [-0.39, 0.29) is 11.2 Å². The summed E-state index contributed by atoms with van der Waals surface area (Å²) in [6, 6.07) is 0. The molecule has 6 heteroatoms. The predicted molar refractivity (Wildman–Crippen MR) is 64.7 cm³/mol. The average molecular weight is 291 g/mol. The molecule has 16 heavy (non-hydrogen) atoms. The fourth-order valence-corrected chi connectivity index (χ4v) is 1.50. The van der Waals surface area contributed by atoms with E-state index < -0.39 is 5.69 Å². The average Bonchev–Trinajstić information content (AvgIpc) is 2.24. The van der Waals surface area contributed by atoms with Crippen LogP contribution < -0.4 is 11.2 Å². The van der Waals surface area contributed by atoms with Crippen molar-refractivity contribution >= 4 is 15.9 Å². The highest BCUT2D eigenvalue weighted by Gasteiger charge is 2.17. The Morgan fingerprint density at radius 3 is 2.69 bits per heavy atom. The quantitative estimate of drug-likeness (QED) is 0.904. The van der Waals surface area contributed by atoms with Crippen LogP contribution in [0, 0.1) is 0 Å². The van der Waals surface area contributed by atoms with E-state index in [9.17, 15) is 9.59 Å². The van der Waals surface area contributed by atoms with Crippen LogP contribution >= 0.6 is 15.9 Å². The first-order valence-electron chi connectivity index (χ1n) is 4.90. The third-order valence-electron chi connectivity index (χ3n) is 2.51. The summed E-state index contributed by atoms with van der Waals surface area (Å²) < 4.78 is 6.74. The molecule has 0 fully saturated rings. The first-order chi connectivity index (χ1) is 7.37. The molecular weight excluding hydrogens is 276 g/mol. The lowest BCUT2D eigenvalue weighted by molar-refractivity contribution is 0.0116. The molecule has 0 saturated heterocycles. The van der Waals surface area contributed by atoms with Gasteiger partial charge in [-0.3, -0.25) is 9.36 Å². The number of nitrogens with zero attached hydrogens (tertiary/aromatic N) is 1. The molecule has 0 saturated carbocycles. The van der Waals surface area contributed by atoms with E-state index in [1.54, 1.807) is 7.11 Å². The van der Waals surface area contributed by atoms with E-state index in [4.69, 9.17) is 4.74 Å². The minimum absolute atomic E-state index is 0.323. The second kappa shape index (κ2) is 4.97. The molecule has 0 aliphatic carbocycles. The number of aromatic nitrogens is 2.